The van der Waals surface area contributed by atoms with Crippen molar-refractivity contribution in [1.82, 2.24) is 25.1 Å². The summed E-state index contributed by atoms with van der Waals surface area (Å²) >= 11 is 2.18. The van der Waals surface area contributed by atoms with Crippen molar-refractivity contribution >= 4 is 39.4 Å². The summed E-state index contributed by atoms with van der Waals surface area (Å²) < 4.78 is 2.83. The minimum Gasteiger partial charge on any atom is -0.383 e. The van der Waals surface area contributed by atoms with Gasteiger partial charge in [0.2, 0.25) is 0 Å². The molecule has 1 atom stereocenters. The molecule has 0 saturated carbocycles. The number of nitrogens with two attached hydrogens (primary N) is 1. The van der Waals surface area contributed by atoms with E-state index in [9.17, 15) is 0 Å². The lowest BCUT2D eigenvalue weighted by molar-refractivity contribution is 0.456. The standard InChI is InChI=1S/C10H13IN6/c11-8-7-9(12)14-5-15-10(7)17(16-8)4-6-1-2-13-3-6/h5-6,13H,1-4H2,(H2,12,14,15). The molecule has 0 radical (unpaired) electrons. The van der Waals surface area contributed by atoms with E-state index >= 15 is 0 Å². The van der Waals surface area contributed by atoms with Crippen molar-refractivity contribution in [2.45, 2.75) is 13.0 Å². The van der Waals surface area contributed by atoms with E-state index in [0.717, 1.165) is 34.4 Å². The van der Waals surface area contributed by atoms with Gasteiger partial charge in [-0.25, -0.2) is 14.6 Å². The molecule has 1 fully saturated rings. The fourth-order valence-corrected chi connectivity index (χ4v) is 3.01. The van der Waals surface area contributed by atoms with Crippen LogP contribution in [-0.4, -0.2) is 32.8 Å². The number of nitrogens with zero attached hydrogens (tertiary/aromatic N) is 4. The number of nitrogen functional groups attached to an aromatic ring is 1. The molecule has 6 nitrogen and oxygen atoms in total. The van der Waals surface area contributed by atoms with Gasteiger partial charge in [0.25, 0.3) is 0 Å². The molecule has 1 unspecified atom stereocenters. The highest BCUT2D eigenvalue weighted by Gasteiger charge is 2.19. The smallest absolute Gasteiger partial charge is 0.164 e. The number of halogens is 1. The molecule has 0 aromatic carbocycles. The Kier molecular flexibility index (Phi) is 2.87. The SMILES string of the molecule is Nc1ncnc2c1c(I)nn2CC1CCNC1. The second kappa shape index (κ2) is 4.37. The van der Waals surface area contributed by atoms with Crippen LogP contribution in [0.25, 0.3) is 11.0 Å². The zero-order valence-corrected chi connectivity index (χ0v) is 11.4. The minimum atomic E-state index is 0.509. The molecule has 3 N–H and O–H groups in total. The Labute approximate surface area is 112 Å². The first kappa shape index (κ1) is 11.1. The molecule has 7 heteroatoms. The van der Waals surface area contributed by atoms with Crippen LogP contribution in [0.1, 0.15) is 6.42 Å². The van der Waals surface area contributed by atoms with Crippen molar-refractivity contribution in [3.63, 3.8) is 0 Å². The van der Waals surface area contributed by atoms with Gasteiger partial charge in [-0.05, 0) is 48.0 Å². The van der Waals surface area contributed by atoms with Gasteiger partial charge < -0.3 is 11.1 Å². The molecule has 0 spiro atoms. The van der Waals surface area contributed by atoms with Crippen LogP contribution in [0.4, 0.5) is 5.82 Å². The van der Waals surface area contributed by atoms with Crippen LogP contribution in [0.2, 0.25) is 0 Å². The second-order valence-electron chi connectivity index (χ2n) is 4.29. The van der Waals surface area contributed by atoms with Gasteiger partial charge in [-0.15, -0.1) is 0 Å². The number of anilines is 1. The number of fused-ring (bicyclic) bond motifs is 1. The number of aromatic nitrogens is 4. The number of nitrogens with one attached hydrogen (secondary N) is 1. The highest BCUT2D eigenvalue weighted by molar-refractivity contribution is 14.1. The Bertz CT molecular complexity index is 545. The summed E-state index contributed by atoms with van der Waals surface area (Å²) in [5.74, 6) is 1.14. The number of hydrogen-bond donors (Lipinski definition) is 2. The zero-order chi connectivity index (χ0) is 11.8. The third kappa shape index (κ3) is 1.97. The van der Waals surface area contributed by atoms with Crippen molar-refractivity contribution in [2.24, 2.45) is 5.92 Å². The van der Waals surface area contributed by atoms with Crippen LogP contribution < -0.4 is 11.1 Å². The molecule has 90 valence electrons. The summed E-state index contributed by atoms with van der Waals surface area (Å²) in [7, 11) is 0. The molecule has 1 saturated heterocycles. The van der Waals surface area contributed by atoms with Crippen LogP contribution >= 0.6 is 22.6 Å². The van der Waals surface area contributed by atoms with E-state index in [1.807, 2.05) is 4.68 Å². The van der Waals surface area contributed by atoms with Gasteiger partial charge in [0.05, 0.1) is 5.39 Å². The van der Waals surface area contributed by atoms with Crippen molar-refractivity contribution in [2.75, 3.05) is 18.8 Å². The molecule has 3 heterocycles. The largest absolute Gasteiger partial charge is 0.383 e. The molecule has 17 heavy (non-hydrogen) atoms. The van der Waals surface area contributed by atoms with Gasteiger partial charge in [-0.3, -0.25) is 0 Å². The first-order valence-electron chi connectivity index (χ1n) is 5.59. The van der Waals surface area contributed by atoms with E-state index in [2.05, 4.69) is 43.0 Å². The minimum absolute atomic E-state index is 0.509. The van der Waals surface area contributed by atoms with Gasteiger partial charge in [0, 0.05) is 6.54 Å². The Hall–Kier alpha value is -0.960. The molecule has 2 aromatic heterocycles. The van der Waals surface area contributed by atoms with Gasteiger partial charge in [-0.1, -0.05) is 0 Å². The predicted octanol–water partition coefficient (Wildman–Crippen LogP) is 0.623. The van der Waals surface area contributed by atoms with Crippen molar-refractivity contribution in [1.29, 1.82) is 0 Å². The third-order valence-electron chi connectivity index (χ3n) is 3.11. The van der Waals surface area contributed by atoms with Crippen LogP contribution in [0, 0.1) is 9.62 Å². The van der Waals surface area contributed by atoms with Crippen LogP contribution in [0.3, 0.4) is 0 Å². The third-order valence-corrected chi connectivity index (χ3v) is 3.86. The molecule has 1 aliphatic rings. The Morgan fingerprint density at radius 3 is 3.18 bits per heavy atom. The maximum atomic E-state index is 5.86. The lowest BCUT2D eigenvalue weighted by atomic mass is 10.1. The van der Waals surface area contributed by atoms with Crippen molar-refractivity contribution in [3.05, 3.63) is 10.0 Å². The van der Waals surface area contributed by atoms with Gasteiger partial charge in [0.1, 0.15) is 15.8 Å². The fraction of sp³-hybridized carbons (Fsp3) is 0.500. The van der Waals surface area contributed by atoms with Crippen molar-refractivity contribution in [3.8, 4) is 0 Å². The molecular weight excluding hydrogens is 331 g/mol. The monoisotopic (exact) mass is 344 g/mol. The lowest BCUT2D eigenvalue weighted by Crippen LogP contribution is -2.15. The maximum Gasteiger partial charge on any atom is 0.164 e. The van der Waals surface area contributed by atoms with Crippen LogP contribution in [0.5, 0.6) is 0 Å². The Morgan fingerprint density at radius 1 is 1.53 bits per heavy atom. The molecule has 1 aliphatic heterocycles. The molecule has 0 bridgehead atoms. The highest BCUT2D eigenvalue weighted by Crippen LogP contribution is 2.23. The van der Waals surface area contributed by atoms with Crippen LogP contribution in [-0.2, 0) is 6.54 Å². The predicted molar refractivity (Wildman–Crippen MR) is 73.4 cm³/mol. The number of rotatable bonds is 2. The van der Waals surface area contributed by atoms with Crippen LogP contribution in [0.15, 0.2) is 6.33 Å². The fourth-order valence-electron chi connectivity index (χ4n) is 2.23. The normalized spacial score (nSPS) is 20.2. The number of hydrogen-bond acceptors (Lipinski definition) is 5. The summed E-state index contributed by atoms with van der Waals surface area (Å²) in [6, 6.07) is 0. The highest BCUT2D eigenvalue weighted by atomic mass is 127. The van der Waals surface area contributed by atoms with E-state index in [4.69, 9.17) is 5.73 Å². The van der Waals surface area contributed by atoms with Gasteiger partial charge >= 0.3 is 0 Å². The van der Waals surface area contributed by atoms with E-state index in [1.54, 1.807) is 0 Å². The van der Waals surface area contributed by atoms with Gasteiger partial charge in [-0.2, -0.15) is 5.10 Å². The van der Waals surface area contributed by atoms with Gasteiger partial charge in [0.15, 0.2) is 5.65 Å². The Balaban J connectivity index is 2.01. The van der Waals surface area contributed by atoms with Crippen molar-refractivity contribution < 1.29 is 0 Å². The summed E-state index contributed by atoms with van der Waals surface area (Å²) in [6.45, 7) is 3.04. The zero-order valence-electron chi connectivity index (χ0n) is 9.23. The molecule has 0 amide bonds. The average molecular weight is 344 g/mol. The Morgan fingerprint density at radius 2 is 2.41 bits per heavy atom. The molecule has 3 rings (SSSR count). The first-order chi connectivity index (χ1) is 8.25. The van der Waals surface area contributed by atoms with E-state index < -0.39 is 0 Å². The topological polar surface area (TPSA) is 81.7 Å². The molecular formula is C10H13IN6. The van der Waals surface area contributed by atoms with E-state index in [0.29, 0.717) is 11.7 Å². The maximum absolute atomic E-state index is 5.86. The van der Waals surface area contributed by atoms with E-state index in [-0.39, 0.29) is 0 Å². The summed E-state index contributed by atoms with van der Waals surface area (Å²) in [6.07, 6.45) is 2.69. The summed E-state index contributed by atoms with van der Waals surface area (Å²) in [5.41, 5.74) is 6.70. The lowest BCUT2D eigenvalue weighted by Gasteiger charge is -2.08. The summed E-state index contributed by atoms with van der Waals surface area (Å²) in [5, 5.41) is 8.74. The quantitative estimate of drug-likeness (QED) is 0.781. The molecule has 0 aliphatic carbocycles. The second-order valence-corrected chi connectivity index (χ2v) is 5.31. The average Bonchev–Trinajstić information content (AvgIpc) is 2.90. The van der Waals surface area contributed by atoms with E-state index in [1.165, 1.54) is 12.7 Å². The summed E-state index contributed by atoms with van der Waals surface area (Å²) in [4.78, 5) is 8.30. The first-order valence-corrected chi connectivity index (χ1v) is 6.67. The molecule has 2 aromatic rings.